The van der Waals surface area contributed by atoms with Gasteiger partial charge in [-0.15, -0.1) is 11.3 Å². The van der Waals surface area contributed by atoms with Gasteiger partial charge in [-0.3, -0.25) is 9.78 Å². The van der Waals surface area contributed by atoms with Gasteiger partial charge in [0.2, 0.25) is 0 Å². The minimum absolute atomic E-state index is 0.0252. The first-order valence-electron chi connectivity index (χ1n) is 4.88. The zero-order valence-corrected chi connectivity index (χ0v) is 11.3. The van der Waals surface area contributed by atoms with Crippen LogP contribution in [0.4, 0.5) is 0 Å². The molecule has 1 N–H and O–H groups in total. The average Bonchev–Trinajstić information content (AvgIpc) is 2.71. The highest BCUT2D eigenvalue weighted by Crippen LogP contribution is 2.17. The van der Waals surface area contributed by atoms with Crippen LogP contribution in [0.5, 0.6) is 0 Å². The monoisotopic (exact) mass is 290 g/mol. The predicted molar refractivity (Wildman–Crippen MR) is 66.7 cm³/mol. The van der Waals surface area contributed by atoms with Gasteiger partial charge >= 0.3 is 0 Å². The van der Waals surface area contributed by atoms with Crippen LogP contribution in [0.3, 0.4) is 0 Å². The molecule has 0 aliphatic carbocycles. The molecular formula is C10H15BrN2OS. The summed E-state index contributed by atoms with van der Waals surface area (Å²) in [7, 11) is 0. The number of carbonyl (C=O) groups is 1. The number of amides is 1. The molecule has 0 bridgehead atoms. The maximum Gasteiger partial charge on any atom is 0.263 e. The van der Waals surface area contributed by atoms with E-state index in [1.165, 1.54) is 11.3 Å². The summed E-state index contributed by atoms with van der Waals surface area (Å²) in [6.07, 6.45) is 3.45. The van der Waals surface area contributed by atoms with Crippen LogP contribution in [0, 0.1) is 0 Å². The largest absolute Gasteiger partial charge is 0.346 e. The molecule has 1 atom stereocenters. The Labute approximate surface area is 102 Å². The molecule has 0 saturated heterocycles. The highest BCUT2D eigenvalue weighted by atomic mass is 79.9. The number of nitrogens with one attached hydrogen (secondary N) is 1. The summed E-state index contributed by atoms with van der Waals surface area (Å²) in [4.78, 5) is 16.4. The first-order chi connectivity index (χ1) is 7.11. The maximum absolute atomic E-state index is 11.8. The lowest BCUT2D eigenvalue weighted by molar-refractivity contribution is 0.0906. The third-order valence-corrected chi connectivity index (χ3v) is 3.67. The van der Waals surface area contributed by atoms with E-state index in [1.807, 2.05) is 0 Å². The van der Waals surface area contributed by atoms with Crippen LogP contribution in [-0.2, 0) is 0 Å². The molecule has 84 valence electrons. The van der Waals surface area contributed by atoms with Crippen molar-refractivity contribution in [1.82, 2.24) is 10.3 Å². The first-order valence-corrected chi connectivity index (χ1v) is 6.88. The number of rotatable bonds is 5. The van der Waals surface area contributed by atoms with Gasteiger partial charge in [0.1, 0.15) is 4.88 Å². The van der Waals surface area contributed by atoms with Crippen molar-refractivity contribution in [3.05, 3.63) is 16.6 Å². The summed E-state index contributed by atoms with van der Waals surface area (Å²) >= 11 is 4.77. The van der Waals surface area contributed by atoms with Gasteiger partial charge in [0.05, 0.1) is 11.7 Å². The maximum atomic E-state index is 11.8. The molecule has 0 radical (unpaired) electrons. The Morgan fingerprint density at radius 3 is 2.93 bits per heavy atom. The van der Waals surface area contributed by atoms with Gasteiger partial charge in [-0.2, -0.15) is 0 Å². The highest BCUT2D eigenvalue weighted by Gasteiger charge is 2.24. The second-order valence-electron chi connectivity index (χ2n) is 3.67. The Morgan fingerprint density at radius 2 is 2.47 bits per heavy atom. The number of aromatic nitrogens is 1. The normalized spacial score (nSPS) is 14.6. The van der Waals surface area contributed by atoms with E-state index in [-0.39, 0.29) is 11.4 Å². The Kier molecular flexibility index (Phi) is 4.73. The minimum atomic E-state index is -0.134. The summed E-state index contributed by atoms with van der Waals surface area (Å²) in [6.45, 7) is 4.14. The molecule has 1 aromatic heterocycles. The Morgan fingerprint density at radius 1 is 1.73 bits per heavy atom. The first kappa shape index (κ1) is 12.6. The molecule has 1 amide bonds. The van der Waals surface area contributed by atoms with Gasteiger partial charge in [-0.25, -0.2) is 0 Å². The van der Waals surface area contributed by atoms with Gasteiger partial charge in [0, 0.05) is 10.9 Å². The van der Waals surface area contributed by atoms with Crippen molar-refractivity contribution in [2.24, 2.45) is 0 Å². The van der Waals surface area contributed by atoms with E-state index >= 15 is 0 Å². The number of hydrogen-bond acceptors (Lipinski definition) is 3. The van der Waals surface area contributed by atoms with E-state index in [9.17, 15) is 4.79 Å². The molecule has 1 unspecified atom stereocenters. The van der Waals surface area contributed by atoms with E-state index in [1.54, 1.807) is 11.7 Å². The van der Waals surface area contributed by atoms with E-state index in [0.717, 1.165) is 18.2 Å². The number of alkyl halides is 1. The van der Waals surface area contributed by atoms with Gasteiger partial charge in [-0.05, 0) is 19.8 Å². The van der Waals surface area contributed by atoms with Crippen molar-refractivity contribution in [2.75, 3.05) is 5.33 Å². The van der Waals surface area contributed by atoms with Crippen molar-refractivity contribution < 1.29 is 4.79 Å². The van der Waals surface area contributed by atoms with Crippen molar-refractivity contribution in [3.8, 4) is 0 Å². The van der Waals surface area contributed by atoms with E-state index < -0.39 is 0 Å². The second-order valence-corrected chi connectivity index (χ2v) is 5.35. The molecule has 1 heterocycles. The minimum Gasteiger partial charge on any atom is -0.346 e. The summed E-state index contributed by atoms with van der Waals surface area (Å²) in [5.41, 5.74) is 1.53. The van der Waals surface area contributed by atoms with Crippen LogP contribution in [-0.4, -0.2) is 21.8 Å². The third kappa shape index (κ3) is 3.57. The van der Waals surface area contributed by atoms with Crippen LogP contribution >= 0.6 is 27.3 Å². The van der Waals surface area contributed by atoms with Gasteiger partial charge in [-0.1, -0.05) is 22.9 Å². The molecule has 1 aromatic rings. The number of halogens is 1. The predicted octanol–water partition coefficient (Wildman–Crippen LogP) is 2.83. The van der Waals surface area contributed by atoms with Crippen molar-refractivity contribution in [2.45, 2.75) is 32.2 Å². The highest BCUT2D eigenvalue weighted by molar-refractivity contribution is 9.09. The Balaban J connectivity index is 2.63. The average molecular weight is 291 g/mol. The number of carbonyl (C=O) groups excluding carboxylic acids is 1. The molecule has 0 spiro atoms. The number of thiazole rings is 1. The molecule has 5 heteroatoms. The van der Waals surface area contributed by atoms with Crippen LogP contribution in [0.2, 0.25) is 0 Å². The Hall–Kier alpha value is -0.420. The van der Waals surface area contributed by atoms with Gasteiger partial charge in [0.25, 0.3) is 5.91 Å². The van der Waals surface area contributed by atoms with E-state index in [2.05, 4.69) is 40.1 Å². The lowest BCUT2D eigenvalue weighted by Gasteiger charge is -2.28. The van der Waals surface area contributed by atoms with Crippen LogP contribution in [0.25, 0.3) is 0 Å². The van der Waals surface area contributed by atoms with Crippen LogP contribution < -0.4 is 5.32 Å². The number of hydrogen-bond donors (Lipinski definition) is 1. The van der Waals surface area contributed by atoms with Crippen molar-refractivity contribution >= 4 is 33.2 Å². The zero-order valence-electron chi connectivity index (χ0n) is 8.92. The van der Waals surface area contributed by atoms with Crippen LogP contribution in [0.15, 0.2) is 11.7 Å². The van der Waals surface area contributed by atoms with Gasteiger partial charge < -0.3 is 5.32 Å². The molecule has 0 saturated carbocycles. The van der Waals surface area contributed by atoms with Crippen LogP contribution in [0.1, 0.15) is 36.4 Å². The smallest absolute Gasteiger partial charge is 0.263 e. The van der Waals surface area contributed by atoms with E-state index in [4.69, 9.17) is 0 Å². The molecule has 0 fully saturated rings. The summed E-state index contributed by atoms with van der Waals surface area (Å²) in [5.74, 6) is -0.0252. The third-order valence-electron chi connectivity index (χ3n) is 2.50. The Bertz CT molecular complexity index is 315. The summed E-state index contributed by atoms with van der Waals surface area (Å²) < 4.78 is 0. The molecule has 15 heavy (non-hydrogen) atoms. The van der Waals surface area contributed by atoms with Crippen molar-refractivity contribution in [3.63, 3.8) is 0 Å². The topological polar surface area (TPSA) is 42.0 Å². The molecule has 0 aromatic carbocycles. The number of nitrogens with zero attached hydrogens (tertiary/aromatic N) is 1. The summed E-state index contributed by atoms with van der Waals surface area (Å²) in [6, 6.07) is 0. The second kappa shape index (κ2) is 5.61. The molecular weight excluding hydrogens is 276 g/mol. The summed E-state index contributed by atoms with van der Waals surface area (Å²) in [5, 5.41) is 3.94. The quantitative estimate of drug-likeness (QED) is 0.848. The fraction of sp³-hybridized carbons (Fsp3) is 0.600. The lowest BCUT2D eigenvalue weighted by atomic mass is 9.95. The fourth-order valence-electron chi connectivity index (χ4n) is 1.20. The molecule has 0 aliphatic heterocycles. The lowest BCUT2D eigenvalue weighted by Crippen LogP contribution is -2.45. The molecule has 3 nitrogen and oxygen atoms in total. The fourth-order valence-corrected chi connectivity index (χ4v) is 2.59. The standard InChI is InChI=1S/C10H15BrN2OS/c1-3-10(2,4-5-11)13-9(14)8-6-12-7-15-8/h6-7H,3-5H2,1-2H3,(H,13,14). The molecule has 0 aliphatic rings. The van der Waals surface area contributed by atoms with E-state index in [0.29, 0.717) is 4.88 Å². The van der Waals surface area contributed by atoms with Gasteiger partial charge in [0.15, 0.2) is 0 Å². The zero-order chi connectivity index (χ0) is 11.3. The molecule has 1 rings (SSSR count). The van der Waals surface area contributed by atoms with Crippen molar-refractivity contribution in [1.29, 1.82) is 0 Å². The SMILES string of the molecule is CCC(C)(CCBr)NC(=O)c1cncs1.